The van der Waals surface area contributed by atoms with E-state index in [2.05, 4.69) is 20.5 Å². The zero-order valence-corrected chi connectivity index (χ0v) is 20.0. The van der Waals surface area contributed by atoms with Crippen molar-refractivity contribution in [1.82, 2.24) is 19.7 Å². The molecule has 0 bridgehead atoms. The summed E-state index contributed by atoms with van der Waals surface area (Å²) in [6.07, 6.45) is 3.33. The molecule has 2 aromatic carbocycles. The first-order valence-electron chi connectivity index (χ1n) is 10.3. The first kappa shape index (κ1) is 23.9. The fourth-order valence-electron chi connectivity index (χ4n) is 3.26. The Morgan fingerprint density at radius 3 is 2.56 bits per heavy atom. The zero-order valence-electron chi connectivity index (χ0n) is 18.4. The molecule has 34 heavy (non-hydrogen) atoms. The van der Waals surface area contributed by atoms with Gasteiger partial charge in [-0.05, 0) is 67.4 Å². The van der Waals surface area contributed by atoms with Crippen LogP contribution >= 0.6 is 23.5 Å². The Morgan fingerprint density at radius 2 is 1.85 bits per heavy atom. The number of nitrogens with zero attached hydrogens (tertiary/aromatic N) is 4. The molecule has 0 spiro atoms. The van der Waals surface area contributed by atoms with Crippen molar-refractivity contribution in [3.8, 4) is 17.1 Å². The third kappa shape index (κ3) is 5.63. The molecule has 0 aliphatic heterocycles. The molecule has 0 unspecified atom stereocenters. The number of halogens is 2. The van der Waals surface area contributed by atoms with E-state index in [1.807, 2.05) is 38.1 Å². The molecule has 4 aromatic rings. The molecule has 0 saturated carbocycles. The highest BCUT2D eigenvalue weighted by Gasteiger charge is 2.18. The van der Waals surface area contributed by atoms with Crippen LogP contribution in [0.2, 0.25) is 0 Å². The van der Waals surface area contributed by atoms with Gasteiger partial charge in [0.25, 0.3) is 5.76 Å². The van der Waals surface area contributed by atoms with Crippen molar-refractivity contribution in [3.63, 3.8) is 0 Å². The summed E-state index contributed by atoms with van der Waals surface area (Å²) in [6.45, 7) is 3.96. The van der Waals surface area contributed by atoms with Crippen molar-refractivity contribution in [1.29, 1.82) is 0 Å². The van der Waals surface area contributed by atoms with Gasteiger partial charge in [0.1, 0.15) is 0 Å². The van der Waals surface area contributed by atoms with E-state index in [9.17, 15) is 13.6 Å². The van der Waals surface area contributed by atoms with E-state index in [4.69, 9.17) is 0 Å². The normalized spacial score (nSPS) is 11.1. The van der Waals surface area contributed by atoms with Crippen LogP contribution in [-0.2, 0) is 4.79 Å². The minimum absolute atomic E-state index is 0.123. The maximum absolute atomic E-state index is 12.7. The van der Waals surface area contributed by atoms with Gasteiger partial charge in [0.05, 0.1) is 5.75 Å². The second-order valence-electron chi connectivity index (χ2n) is 7.34. The van der Waals surface area contributed by atoms with Gasteiger partial charge >= 0.3 is 0 Å². The summed E-state index contributed by atoms with van der Waals surface area (Å²) in [6, 6.07) is 16.1. The molecule has 1 amide bonds. The fourth-order valence-corrected chi connectivity index (χ4v) is 4.51. The third-order valence-corrected chi connectivity index (χ3v) is 6.74. The number of hydrogen-bond acceptors (Lipinski definition) is 6. The molecule has 0 aliphatic carbocycles. The Labute approximate surface area is 204 Å². The van der Waals surface area contributed by atoms with E-state index < -0.39 is 5.76 Å². The molecule has 10 heteroatoms. The second kappa shape index (κ2) is 10.8. The Morgan fingerprint density at radius 1 is 1.06 bits per heavy atom. The second-order valence-corrected chi connectivity index (χ2v) is 9.35. The SMILES string of the molecule is Cc1cccc(NC(=O)CSc2nnc(-c3cccnc3)n2-c2ccc(SC(F)F)cc2)c1C. The van der Waals surface area contributed by atoms with Crippen LogP contribution in [0.1, 0.15) is 11.1 Å². The van der Waals surface area contributed by atoms with E-state index in [1.54, 1.807) is 47.3 Å². The predicted molar refractivity (Wildman–Crippen MR) is 132 cm³/mol. The molecule has 2 heterocycles. The summed E-state index contributed by atoms with van der Waals surface area (Å²) in [5.41, 5.74) is 4.33. The van der Waals surface area contributed by atoms with Crippen LogP contribution < -0.4 is 5.32 Å². The predicted octanol–water partition coefficient (Wildman–Crippen LogP) is 5.99. The highest BCUT2D eigenvalue weighted by Crippen LogP contribution is 2.30. The summed E-state index contributed by atoms with van der Waals surface area (Å²) in [4.78, 5) is 17.3. The molecule has 4 rings (SSSR count). The topological polar surface area (TPSA) is 72.7 Å². The molecule has 174 valence electrons. The number of rotatable bonds is 8. The summed E-state index contributed by atoms with van der Waals surface area (Å²) in [5, 5.41) is 12.1. The van der Waals surface area contributed by atoms with Crippen molar-refractivity contribution in [2.75, 3.05) is 11.1 Å². The number of carbonyl (C=O) groups excluding carboxylic acids is 1. The highest BCUT2D eigenvalue weighted by molar-refractivity contribution is 8.00. The number of thioether (sulfide) groups is 2. The number of aryl methyl sites for hydroxylation is 1. The molecule has 2 aromatic heterocycles. The summed E-state index contributed by atoms with van der Waals surface area (Å²) in [7, 11) is 0. The number of hydrogen-bond donors (Lipinski definition) is 1. The van der Waals surface area contributed by atoms with E-state index in [-0.39, 0.29) is 11.7 Å². The molecule has 0 atom stereocenters. The average Bonchev–Trinajstić information content (AvgIpc) is 3.25. The van der Waals surface area contributed by atoms with Gasteiger partial charge in [-0.3, -0.25) is 14.3 Å². The number of alkyl halides is 2. The number of anilines is 1. The molecule has 0 radical (unpaired) electrons. The van der Waals surface area contributed by atoms with Gasteiger partial charge < -0.3 is 5.32 Å². The largest absolute Gasteiger partial charge is 0.325 e. The number of nitrogens with one attached hydrogen (secondary N) is 1. The third-order valence-electron chi connectivity index (χ3n) is 5.08. The lowest BCUT2D eigenvalue weighted by Gasteiger charge is -2.12. The summed E-state index contributed by atoms with van der Waals surface area (Å²) < 4.78 is 27.2. The van der Waals surface area contributed by atoms with Crippen molar-refractivity contribution in [2.45, 2.75) is 29.7 Å². The first-order chi connectivity index (χ1) is 16.4. The van der Waals surface area contributed by atoms with Gasteiger partial charge in [-0.25, -0.2) is 0 Å². The standard InChI is InChI=1S/C24H21F2N5OS2/c1-15-5-3-7-20(16(15)2)28-21(32)14-33-24-30-29-22(17-6-4-12-27-13-17)31(24)18-8-10-19(11-9-18)34-23(25)26/h3-13,23H,14H2,1-2H3,(H,28,32). The lowest BCUT2D eigenvalue weighted by atomic mass is 10.1. The number of pyridine rings is 1. The van der Waals surface area contributed by atoms with Crippen molar-refractivity contribution >= 4 is 35.1 Å². The van der Waals surface area contributed by atoms with Crippen LogP contribution in [0.25, 0.3) is 17.1 Å². The Kier molecular flexibility index (Phi) is 7.59. The lowest BCUT2D eigenvalue weighted by molar-refractivity contribution is -0.113. The maximum atomic E-state index is 12.7. The van der Waals surface area contributed by atoms with Crippen LogP contribution in [0.3, 0.4) is 0 Å². The number of carbonyl (C=O) groups is 1. The van der Waals surface area contributed by atoms with Gasteiger partial charge in [0, 0.05) is 34.2 Å². The van der Waals surface area contributed by atoms with Gasteiger partial charge in [0.15, 0.2) is 11.0 Å². The van der Waals surface area contributed by atoms with Crippen molar-refractivity contribution in [3.05, 3.63) is 78.1 Å². The zero-order chi connectivity index (χ0) is 24.1. The average molecular weight is 498 g/mol. The molecule has 0 fully saturated rings. The minimum atomic E-state index is -2.49. The van der Waals surface area contributed by atoms with Gasteiger partial charge in [-0.1, -0.05) is 35.7 Å². The van der Waals surface area contributed by atoms with E-state index in [0.29, 0.717) is 33.3 Å². The smallest absolute Gasteiger partial charge is 0.288 e. The van der Waals surface area contributed by atoms with Gasteiger partial charge in [-0.2, -0.15) is 8.78 Å². The molecule has 0 saturated heterocycles. The van der Waals surface area contributed by atoms with Gasteiger partial charge in [0.2, 0.25) is 5.91 Å². The summed E-state index contributed by atoms with van der Waals surface area (Å²) in [5.74, 6) is -1.99. The lowest BCUT2D eigenvalue weighted by Crippen LogP contribution is -2.15. The number of aromatic nitrogens is 4. The fraction of sp³-hybridized carbons (Fsp3) is 0.167. The monoisotopic (exact) mass is 497 g/mol. The van der Waals surface area contributed by atoms with Crippen molar-refractivity contribution < 1.29 is 13.6 Å². The quantitative estimate of drug-likeness (QED) is 0.302. The van der Waals surface area contributed by atoms with E-state index >= 15 is 0 Å². The molecule has 6 nitrogen and oxygen atoms in total. The van der Waals surface area contributed by atoms with Crippen LogP contribution in [0.4, 0.5) is 14.5 Å². The van der Waals surface area contributed by atoms with Crippen LogP contribution in [-0.4, -0.2) is 37.2 Å². The minimum Gasteiger partial charge on any atom is -0.325 e. The van der Waals surface area contributed by atoms with Crippen LogP contribution in [0, 0.1) is 13.8 Å². The summed E-state index contributed by atoms with van der Waals surface area (Å²) >= 11 is 1.73. The van der Waals surface area contributed by atoms with Crippen LogP contribution in [0.15, 0.2) is 77.0 Å². The molecule has 1 N–H and O–H groups in total. The molecular formula is C24H21F2N5OS2. The number of amides is 1. The first-order valence-corrected chi connectivity index (χ1v) is 12.2. The Balaban J connectivity index is 1.59. The number of benzene rings is 2. The highest BCUT2D eigenvalue weighted by atomic mass is 32.2. The maximum Gasteiger partial charge on any atom is 0.288 e. The molecule has 0 aliphatic rings. The molecular weight excluding hydrogens is 476 g/mol. The van der Waals surface area contributed by atoms with Crippen LogP contribution in [0.5, 0.6) is 0 Å². The van der Waals surface area contributed by atoms with Gasteiger partial charge in [-0.15, -0.1) is 10.2 Å². The van der Waals surface area contributed by atoms with Crippen molar-refractivity contribution in [2.24, 2.45) is 0 Å². The van der Waals surface area contributed by atoms with E-state index in [1.165, 1.54) is 11.8 Å². The Hall–Kier alpha value is -3.24. The Bertz CT molecular complexity index is 1280. The van der Waals surface area contributed by atoms with E-state index in [0.717, 1.165) is 22.4 Å².